The molecule has 0 aliphatic heterocycles. The van der Waals surface area contributed by atoms with Crippen LogP contribution in [-0.2, 0) is 25.9 Å². The van der Waals surface area contributed by atoms with Crippen molar-refractivity contribution in [2.75, 3.05) is 27.3 Å². The predicted octanol–water partition coefficient (Wildman–Crippen LogP) is 11.3. The molecular weight excluding hydrogens is 709 g/mol. The van der Waals surface area contributed by atoms with Gasteiger partial charge >= 0.3 is 0 Å². The van der Waals surface area contributed by atoms with Crippen LogP contribution in [0.15, 0.2) is 152 Å². The standard InChI is InChI=1S/C49H48N4O4/c1-35-44(46-31-41(54-2)23-24-47(46)51-35)26-28-53(34-37-14-11-20-43(30-37)57-40-17-8-5-9-18-40)52(27-25-38-32-50-49-45(38)21-12-22-48(49)55-3)33-36-13-10-19-42(29-36)56-39-15-6-4-7-16-39/h4-24,29-32,50-51H,25-28,33-34H2,1-3H3. The number of aryl methyl sites for hydroxylation is 1. The molecule has 0 bridgehead atoms. The number of methoxy groups -OCH3 is 2. The first-order valence-corrected chi connectivity index (χ1v) is 19.4. The quantitative estimate of drug-likeness (QED) is 0.0901. The lowest BCUT2D eigenvalue weighted by molar-refractivity contribution is -0.0396. The first kappa shape index (κ1) is 37.4. The number of benzene rings is 6. The molecule has 8 rings (SSSR count). The van der Waals surface area contributed by atoms with Crippen molar-refractivity contribution in [2.24, 2.45) is 0 Å². The third-order valence-corrected chi connectivity index (χ3v) is 10.5. The van der Waals surface area contributed by atoms with Gasteiger partial charge in [0.05, 0.1) is 19.7 Å². The number of para-hydroxylation sites is 3. The molecule has 57 heavy (non-hydrogen) atoms. The SMILES string of the molecule is COc1ccc2[nH]c(C)c(CCN(Cc3cccc(Oc4ccccc4)c3)N(CCc3c[nH]c4c(OC)cccc34)Cc3cccc(Oc4ccccc4)c3)c2c1. The molecule has 0 saturated carbocycles. The number of hydrogen-bond donors (Lipinski definition) is 2. The summed E-state index contributed by atoms with van der Waals surface area (Å²) in [6, 6.07) is 49.2. The van der Waals surface area contributed by atoms with E-state index in [-0.39, 0.29) is 0 Å². The Balaban J connectivity index is 1.14. The van der Waals surface area contributed by atoms with Crippen LogP contribution in [0.5, 0.6) is 34.5 Å². The number of ether oxygens (including phenoxy) is 4. The summed E-state index contributed by atoms with van der Waals surface area (Å²) in [5.74, 6) is 4.93. The number of hydrazine groups is 1. The van der Waals surface area contributed by atoms with Gasteiger partial charge in [-0.2, -0.15) is 0 Å². The normalized spacial score (nSPS) is 11.5. The van der Waals surface area contributed by atoms with Crippen molar-refractivity contribution in [3.05, 3.63) is 180 Å². The zero-order chi connectivity index (χ0) is 39.0. The van der Waals surface area contributed by atoms with Gasteiger partial charge < -0.3 is 28.9 Å². The molecule has 8 heteroatoms. The summed E-state index contributed by atoms with van der Waals surface area (Å²) in [6.45, 7) is 5.07. The highest BCUT2D eigenvalue weighted by atomic mass is 16.5. The van der Waals surface area contributed by atoms with Gasteiger partial charge in [0.25, 0.3) is 0 Å². The largest absolute Gasteiger partial charge is 0.497 e. The minimum absolute atomic E-state index is 0.679. The van der Waals surface area contributed by atoms with E-state index in [1.54, 1.807) is 14.2 Å². The summed E-state index contributed by atoms with van der Waals surface area (Å²) in [6.07, 6.45) is 3.78. The number of nitrogens with one attached hydrogen (secondary N) is 2. The second-order valence-electron chi connectivity index (χ2n) is 14.2. The second-order valence-corrected chi connectivity index (χ2v) is 14.2. The van der Waals surface area contributed by atoms with Gasteiger partial charge in [-0.25, -0.2) is 10.0 Å². The minimum Gasteiger partial charge on any atom is -0.497 e. The molecule has 0 atom stereocenters. The van der Waals surface area contributed by atoms with Crippen molar-refractivity contribution in [2.45, 2.75) is 32.9 Å². The number of hydrogen-bond acceptors (Lipinski definition) is 6. The van der Waals surface area contributed by atoms with Crippen LogP contribution < -0.4 is 18.9 Å². The fourth-order valence-corrected chi connectivity index (χ4v) is 7.59. The number of H-pyrrole nitrogens is 2. The second kappa shape index (κ2) is 17.5. The number of aromatic amines is 2. The van der Waals surface area contributed by atoms with Crippen LogP contribution in [0.3, 0.4) is 0 Å². The maximum Gasteiger partial charge on any atom is 0.142 e. The number of aromatic nitrogens is 2. The number of rotatable bonds is 17. The molecule has 2 aromatic heterocycles. The van der Waals surface area contributed by atoms with Crippen LogP contribution in [0.25, 0.3) is 21.8 Å². The van der Waals surface area contributed by atoms with Crippen molar-refractivity contribution < 1.29 is 18.9 Å². The number of nitrogens with zero attached hydrogens (tertiary/aromatic N) is 2. The van der Waals surface area contributed by atoms with Crippen molar-refractivity contribution in [1.29, 1.82) is 0 Å². The molecule has 0 spiro atoms. The Morgan fingerprint density at radius 1 is 0.526 bits per heavy atom. The Morgan fingerprint density at radius 3 is 1.74 bits per heavy atom. The van der Waals surface area contributed by atoms with Gasteiger partial charge in [-0.1, -0.05) is 72.8 Å². The van der Waals surface area contributed by atoms with Crippen LogP contribution >= 0.6 is 0 Å². The first-order valence-electron chi connectivity index (χ1n) is 19.4. The van der Waals surface area contributed by atoms with Crippen LogP contribution in [0.1, 0.15) is 27.9 Å². The van der Waals surface area contributed by atoms with Crippen molar-refractivity contribution in [3.63, 3.8) is 0 Å². The van der Waals surface area contributed by atoms with Crippen molar-refractivity contribution in [1.82, 2.24) is 20.0 Å². The molecule has 0 unspecified atom stereocenters. The Kier molecular flexibility index (Phi) is 11.5. The van der Waals surface area contributed by atoms with E-state index in [4.69, 9.17) is 18.9 Å². The van der Waals surface area contributed by atoms with Gasteiger partial charge in [-0.3, -0.25) is 0 Å². The van der Waals surface area contributed by atoms with Gasteiger partial charge in [-0.15, -0.1) is 0 Å². The topological polar surface area (TPSA) is 75.0 Å². The average molecular weight is 757 g/mol. The highest BCUT2D eigenvalue weighted by Gasteiger charge is 2.21. The Morgan fingerprint density at radius 2 is 1.12 bits per heavy atom. The maximum absolute atomic E-state index is 6.30. The maximum atomic E-state index is 6.30. The van der Waals surface area contributed by atoms with E-state index in [1.807, 2.05) is 84.9 Å². The summed E-state index contributed by atoms with van der Waals surface area (Å²) in [5, 5.41) is 7.36. The van der Waals surface area contributed by atoms with E-state index in [1.165, 1.54) is 27.6 Å². The molecule has 8 aromatic rings. The molecule has 0 saturated heterocycles. The fourth-order valence-electron chi connectivity index (χ4n) is 7.59. The molecule has 6 aromatic carbocycles. The van der Waals surface area contributed by atoms with Crippen LogP contribution in [-0.4, -0.2) is 47.3 Å². The Bertz CT molecular complexity index is 2550. The van der Waals surface area contributed by atoms with Crippen LogP contribution in [0.4, 0.5) is 0 Å². The zero-order valence-electron chi connectivity index (χ0n) is 32.7. The van der Waals surface area contributed by atoms with Crippen molar-refractivity contribution in [3.8, 4) is 34.5 Å². The molecule has 0 radical (unpaired) electrons. The van der Waals surface area contributed by atoms with Gasteiger partial charge in [0, 0.05) is 54.4 Å². The molecule has 8 nitrogen and oxygen atoms in total. The molecule has 0 aliphatic rings. The fraction of sp³-hybridized carbons (Fsp3) is 0.184. The summed E-state index contributed by atoms with van der Waals surface area (Å²) in [7, 11) is 3.44. The molecule has 2 heterocycles. The van der Waals surface area contributed by atoms with E-state index < -0.39 is 0 Å². The Hall–Kier alpha value is -6.48. The lowest BCUT2D eigenvalue weighted by Crippen LogP contribution is -2.44. The van der Waals surface area contributed by atoms with E-state index in [9.17, 15) is 0 Å². The Labute approximate surface area is 334 Å². The predicted molar refractivity (Wildman–Crippen MR) is 229 cm³/mol. The van der Waals surface area contributed by atoms with Crippen LogP contribution in [0, 0.1) is 6.92 Å². The molecule has 2 N–H and O–H groups in total. The van der Waals surface area contributed by atoms with Crippen LogP contribution in [0.2, 0.25) is 0 Å². The average Bonchev–Trinajstić information content (AvgIpc) is 3.81. The summed E-state index contributed by atoms with van der Waals surface area (Å²) >= 11 is 0. The van der Waals surface area contributed by atoms with Gasteiger partial charge in [0.1, 0.15) is 34.5 Å². The van der Waals surface area contributed by atoms with E-state index >= 15 is 0 Å². The third kappa shape index (κ3) is 8.99. The van der Waals surface area contributed by atoms with E-state index in [2.05, 4.69) is 93.8 Å². The summed E-state index contributed by atoms with van der Waals surface area (Å²) < 4.78 is 23.9. The van der Waals surface area contributed by atoms with Crippen molar-refractivity contribution >= 4 is 21.8 Å². The zero-order valence-corrected chi connectivity index (χ0v) is 32.7. The monoisotopic (exact) mass is 756 g/mol. The lowest BCUT2D eigenvalue weighted by atomic mass is 10.1. The van der Waals surface area contributed by atoms with Gasteiger partial charge in [0.15, 0.2) is 0 Å². The van der Waals surface area contributed by atoms with Gasteiger partial charge in [0.2, 0.25) is 0 Å². The molecule has 288 valence electrons. The number of fused-ring (bicyclic) bond motifs is 2. The van der Waals surface area contributed by atoms with Gasteiger partial charge in [-0.05, 0) is 115 Å². The molecule has 0 aliphatic carbocycles. The third-order valence-electron chi connectivity index (χ3n) is 10.5. The molecular formula is C49H48N4O4. The summed E-state index contributed by atoms with van der Waals surface area (Å²) in [4.78, 5) is 7.10. The van der Waals surface area contributed by atoms with E-state index in [0.29, 0.717) is 13.1 Å². The highest BCUT2D eigenvalue weighted by Crippen LogP contribution is 2.31. The molecule has 0 amide bonds. The first-order chi connectivity index (χ1) is 28.0. The lowest BCUT2D eigenvalue weighted by Gasteiger charge is -2.36. The highest BCUT2D eigenvalue weighted by molar-refractivity contribution is 5.88. The molecule has 0 fully saturated rings. The minimum atomic E-state index is 0.679. The van der Waals surface area contributed by atoms with E-state index in [0.717, 1.165) is 82.6 Å². The summed E-state index contributed by atoms with van der Waals surface area (Å²) in [5.41, 5.74) is 8.14. The smallest absolute Gasteiger partial charge is 0.142 e.